The molecule has 3 rings (SSSR count). The van der Waals surface area contributed by atoms with Crippen LogP contribution in [-0.4, -0.2) is 49.1 Å². The van der Waals surface area contributed by atoms with E-state index in [1.165, 1.54) is 6.33 Å². The molecule has 3 atom stereocenters. The first-order chi connectivity index (χ1) is 10.2. The van der Waals surface area contributed by atoms with E-state index < -0.39 is 12.0 Å². The van der Waals surface area contributed by atoms with Gasteiger partial charge < -0.3 is 10.0 Å². The number of likely N-dealkylation sites (tertiary alicyclic amines) is 1. The lowest BCUT2D eigenvalue weighted by molar-refractivity contribution is -0.149. The number of aromatic nitrogens is 3. The molecule has 2 N–H and O–H groups in total. The van der Waals surface area contributed by atoms with Gasteiger partial charge in [0, 0.05) is 18.9 Å². The van der Waals surface area contributed by atoms with E-state index in [4.69, 9.17) is 0 Å². The molecule has 7 nitrogen and oxygen atoms in total. The van der Waals surface area contributed by atoms with Gasteiger partial charge in [-0.2, -0.15) is 5.10 Å². The standard InChI is InChI=1S/C14H20N4O3/c19-13(6-5-12-15-8-16-17-12)18-10-4-2-1-3-9(10)7-11(18)14(20)21/h8-11H,1-7H2,(H,20,21)(H,15,16,17). The third-order valence-electron chi connectivity index (χ3n) is 4.70. The molecule has 2 aliphatic rings. The summed E-state index contributed by atoms with van der Waals surface area (Å²) >= 11 is 0. The zero-order valence-corrected chi connectivity index (χ0v) is 11.9. The molecule has 1 aliphatic carbocycles. The Morgan fingerprint density at radius 3 is 2.90 bits per heavy atom. The van der Waals surface area contributed by atoms with Crippen molar-refractivity contribution in [2.24, 2.45) is 5.92 Å². The number of hydrogen-bond acceptors (Lipinski definition) is 4. The fraction of sp³-hybridized carbons (Fsp3) is 0.714. The van der Waals surface area contributed by atoms with Crippen molar-refractivity contribution in [2.75, 3.05) is 0 Å². The van der Waals surface area contributed by atoms with Gasteiger partial charge in [-0.3, -0.25) is 9.89 Å². The zero-order chi connectivity index (χ0) is 14.8. The first-order valence-electron chi connectivity index (χ1n) is 7.55. The number of nitrogens with one attached hydrogen (secondary N) is 1. The van der Waals surface area contributed by atoms with Gasteiger partial charge in [0.05, 0.1) is 0 Å². The van der Waals surface area contributed by atoms with Crippen molar-refractivity contribution in [1.29, 1.82) is 0 Å². The van der Waals surface area contributed by atoms with Crippen molar-refractivity contribution >= 4 is 11.9 Å². The second-order valence-corrected chi connectivity index (χ2v) is 5.93. The highest BCUT2D eigenvalue weighted by molar-refractivity contribution is 5.84. The number of aryl methyl sites for hydroxylation is 1. The summed E-state index contributed by atoms with van der Waals surface area (Å²) in [5.41, 5.74) is 0. The van der Waals surface area contributed by atoms with Gasteiger partial charge in [0.25, 0.3) is 0 Å². The molecular formula is C14H20N4O3. The van der Waals surface area contributed by atoms with Crippen LogP contribution in [0.4, 0.5) is 0 Å². The second-order valence-electron chi connectivity index (χ2n) is 5.93. The summed E-state index contributed by atoms with van der Waals surface area (Å²) in [6.07, 6.45) is 6.97. The van der Waals surface area contributed by atoms with Gasteiger partial charge in [-0.1, -0.05) is 12.8 Å². The molecular weight excluding hydrogens is 272 g/mol. The zero-order valence-electron chi connectivity index (χ0n) is 11.9. The maximum atomic E-state index is 12.5. The highest BCUT2D eigenvalue weighted by Crippen LogP contribution is 2.40. The van der Waals surface area contributed by atoms with Crippen molar-refractivity contribution in [1.82, 2.24) is 20.1 Å². The molecule has 7 heteroatoms. The average molecular weight is 292 g/mol. The lowest BCUT2D eigenvalue weighted by Crippen LogP contribution is -2.46. The van der Waals surface area contributed by atoms with E-state index in [2.05, 4.69) is 15.2 Å². The van der Waals surface area contributed by atoms with E-state index in [0.717, 1.165) is 25.7 Å². The summed E-state index contributed by atoms with van der Waals surface area (Å²) in [6.45, 7) is 0. The molecule has 1 amide bonds. The summed E-state index contributed by atoms with van der Waals surface area (Å²) in [5.74, 6) is 0.0642. The Balaban J connectivity index is 1.70. The number of rotatable bonds is 4. The largest absolute Gasteiger partial charge is 0.480 e. The first-order valence-corrected chi connectivity index (χ1v) is 7.55. The summed E-state index contributed by atoms with van der Waals surface area (Å²) < 4.78 is 0. The Labute approximate surface area is 122 Å². The summed E-state index contributed by atoms with van der Waals surface area (Å²) in [4.78, 5) is 29.6. The molecule has 2 heterocycles. The molecule has 3 unspecified atom stereocenters. The van der Waals surface area contributed by atoms with Gasteiger partial charge in [0.1, 0.15) is 18.2 Å². The maximum Gasteiger partial charge on any atom is 0.326 e. The number of carbonyl (C=O) groups is 2. The van der Waals surface area contributed by atoms with E-state index in [9.17, 15) is 14.7 Å². The molecule has 0 aromatic carbocycles. The van der Waals surface area contributed by atoms with Crippen LogP contribution in [0.2, 0.25) is 0 Å². The number of carboxylic acids is 1. The molecule has 1 saturated carbocycles. The average Bonchev–Trinajstić information content (AvgIpc) is 3.11. The monoisotopic (exact) mass is 292 g/mol. The highest BCUT2D eigenvalue weighted by Gasteiger charge is 2.47. The number of nitrogens with zero attached hydrogens (tertiary/aromatic N) is 3. The minimum atomic E-state index is -0.877. The number of aliphatic carboxylic acids is 1. The van der Waals surface area contributed by atoms with Gasteiger partial charge in [0.2, 0.25) is 5.91 Å². The van der Waals surface area contributed by atoms with Crippen LogP contribution in [0.3, 0.4) is 0 Å². The van der Waals surface area contributed by atoms with Crippen LogP contribution in [0.5, 0.6) is 0 Å². The third-order valence-corrected chi connectivity index (χ3v) is 4.70. The number of hydrogen-bond donors (Lipinski definition) is 2. The van der Waals surface area contributed by atoms with Crippen molar-refractivity contribution in [3.05, 3.63) is 12.2 Å². The number of fused-ring (bicyclic) bond motifs is 1. The lowest BCUT2D eigenvalue weighted by Gasteiger charge is -2.33. The van der Waals surface area contributed by atoms with Crippen LogP contribution in [0.15, 0.2) is 6.33 Å². The Morgan fingerprint density at radius 1 is 1.38 bits per heavy atom. The normalized spacial score (nSPS) is 28.4. The van der Waals surface area contributed by atoms with Crippen LogP contribution in [0.25, 0.3) is 0 Å². The molecule has 114 valence electrons. The maximum absolute atomic E-state index is 12.5. The van der Waals surface area contributed by atoms with Crippen LogP contribution < -0.4 is 0 Å². The Morgan fingerprint density at radius 2 is 2.19 bits per heavy atom. The quantitative estimate of drug-likeness (QED) is 0.862. The van der Waals surface area contributed by atoms with Gasteiger partial charge in [0.15, 0.2) is 0 Å². The highest BCUT2D eigenvalue weighted by atomic mass is 16.4. The first kappa shape index (κ1) is 14.0. The van der Waals surface area contributed by atoms with Crippen LogP contribution in [-0.2, 0) is 16.0 Å². The lowest BCUT2D eigenvalue weighted by atomic mass is 9.84. The van der Waals surface area contributed by atoms with E-state index in [1.807, 2.05) is 0 Å². The molecule has 1 saturated heterocycles. The Bertz CT molecular complexity index is 516. The van der Waals surface area contributed by atoms with E-state index in [-0.39, 0.29) is 18.4 Å². The van der Waals surface area contributed by atoms with Gasteiger partial charge >= 0.3 is 5.97 Å². The predicted molar refractivity (Wildman–Crippen MR) is 73.3 cm³/mol. The molecule has 1 aliphatic heterocycles. The molecule has 21 heavy (non-hydrogen) atoms. The van der Waals surface area contributed by atoms with E-state index in [0.29, 0.717) is 24.6 Å². The van der Waals surface area contributed by atoms with Crippen LogP contribution in [0.1, 0.15) is 44.3 Å². The molecule has 0 radical (unpaired) electrons. The number of H-pyrrole nitrogens is 1. The number of carboxylic acid groups (broad SMARTS) is 1. The van der Waals surface area contributed by atoms with E-state index >= 15 is 0 Å². The SMILES string of the molecule is O=C(O)C1CC2CCCCC2N1C(=O)CCc1ncn[nH]1. The molecule has 0 spiro atoms. The van der Waals surface area contributed by atoms with Crippen molar-refractivity contribution in [3.63, 3.8) is 0 Å². The Kier molecular flexibility index (Phi) is 3.90. The fourth-order valence-corrected chi connectivity index (χ4v) is 3.74. The van der Waals surface area contributed by atoms with Crippen molar-refractivity contribution < 1.29 is 14.7 Å². The Hall–Kier alpha value is -1.92. The summed E-state index contributed by atoms with van der Waals surface area (Å²) in [7, 11) is 0. The number of carbonyl (C=O) groups excluding carboxylic acids is 1. The molecule has 2 fully saturated rings. The fourth-order valence-electron chi connectivity index (χ4n) is 3.74. The number of aromatic amines is 1. The molecule has 0 bridgehead atoms. The third kappa shape index (κ3) is 2.77. The predicted octanol–water partition coefficient (Wildman–Crippen LogP) is 0.982. The van der Waals surface area contributed by atoms with E-state index in [1.54, 1.807) is 4.90 Å². The van der Waals surface area contributed by atoms with Crippen LogP contribution in [0, 0.1) is 5.92 Å². The summed E-state index contributed by atoms with van der Waals surface area (Å²) in [6, 6.07) is -0.539. The van der Waals surface area contributed by atoms with Crippen molar-refractivity contribution in [3.8, 4) is 0 Å². The smallest absolute Gasteiger partial charge is 0.326 e. The van der Waals surface area contributed by atoms with Crippen LogP contribution >= 0.6 is 0 Å². The van der Waals surface area contributed by atoms with Gasteiger partial charge in [-0.05, 0) is 25.2 Å². The minimum Gasteiger partial charge on any atom is -0.480 e. The summed E-state index contributed by atoms with van der Waals surface area (Å²) in [5, 5.41) is 15.9. The second kappa shape index (κ2) is 5.83. The topological polar surface area (TPSA) is 99.2 Å². The molecule has 1 aromatic heterocycles. The van der Waals surface area contributed by atoms with Gasteiger partial charge in [-0.25, -0.2) is 9.78 Å². The van der Waals surface area contributed by atoms with Crippen molar-refractivity contribution in [2.45, 2.75) is 57.0 Å². The molecule has 1 aromatic rings. The van der Waals surface area contributed by atoms with Gasteiger partial charge in [-0.15, -0.1) is 0 Å². The number of amides is 1. The minimum absolute atomic E-state index is 0.0757.